The zero-order valence-corrected chi connectivity index (χ0v) is 24.9. The Balaban J connectivity index is 1.21. The zero-order chi connectivity index (χ0) is 29.9. The summed E-state index contributed by atoms with van der Waals surface area (Å²) in [6.07, 6.45) is 1.79. The van der Waals surface area contributed by atoms with Crippen molar-refractivity contribution >= 4 is 54.6 Å². The molecule has 45 heavy (non-hydrogen) atoms. The molecule has 9 aromatic rings. The molecule has 0 saturated heterocycles. The fourth-order valence-electron chi connectivity index (χ4n) is 7.68. The molecular formula is C41H27N3O. The lowest BCUT2D eigenvalue weighted by Gasteiger charge is -2.22. The number of furan rings is 1. The van der Waals surface area contributed by atoms with Crippen molar-refractivity contribution in [3.05, 3.63) is 139 Å². The van der Waals surface area contributed by atoms with Crippen molar-refractivity contribution in [2.45, 2.75) is 19.3 Å². The summed E-state index contributed by atoms with van der Waals surface area (Å²) in [4.78, 5) is 9.70. The van der Waals surface area contributed by atoms with Crippen molar-refractivity contribution in [3.8, 4) is 28.2 Å². The molecule has 0 saturated carbocycles. The number of para-hydroxylation sites is 2. The van der Waals surface area contributed by atoms with E-state index < -0.39 is 0 Å². The summed E-state index contributed by atoms with van der Waals surface area (Å²) in [5.41, 5.74) is 12.1. The first-order valence-electron chi connectivity index (χ1n) is 15.4. The highest BCUT2D eigenvalue weighted by atomic mass is 16.3. The summed E-state index contributed by atoms with van der Waals surface area (Å²) >= 11 is 0. The summed E-state index contributed by atoms with van der Waals surface area (Å²) in [5.74, 6) is 0.682. The lowest BCUT2D eigenvalue weighted by molar-refractivity contribution is 0.661. The number of rotatable bonds is 2. The molecule has 0 fully saturated rings. The second-order valence-electron chi connectivity index (χ2n) is 12.7. The van der Waals surface area contributed by atoms with Gasteiger partial charge < -0.3 is 8.98 Å². The first-order chi connectivity index (χ1) is 22.1. The predicted octanol–water partition coefficient (Wildman–Crippen LogP) is 10.6. The molecule has 1 aliphatic rings. The Hall–Kier alpha value is -5.74. The first kappa shape index (κ1) is 24.7. The van der Waals surface area contributed by atoms with Gasteiger partial charge in [-0.3, -0.25) is 0 Å². The minimum Gasteiger partial charge on any atom is -0.453 e. The monoisotopic (exact) mass is 577 g/mol. The highest BCUT2D eigenvalue weighted by Crippen LogP contribution is 2.53. The molecule has 6 aromatic carbocycles. The van der Waals surface area contributed by atoms with Gasteiger partial charge in [0.1, 0.15) is 11.1 Å². The van der Waals surface area contributed by atoms with Crippen LogP contribution >= 0.6 is 0 Å². The Morgan fingerprint density at radius 1 is 0.622 bits per heavy atom. The summed E-state index contributed by atoms with van der Waals surface area (Å²) in [6, 6.07) is 43.6. The average Bonchev–Trinajstić information content (AvgIpc) is 3.69. The Kier molecular flexibility index (Phi) is 4.76. The normalized spacial score (nSPS) is 13.7. The van der Waals surface area contributed by atoms with Gasteiger partial charge in [0.2, 0.25) is 0 Å². The van der Waals surface area contributed by atoms with Crippen LogP contribution in [0.4, 0.5) is 0 Å². The molecule has 0 unspecified atom stereocenters. The number of hydrogen-bond acceptors (Lipinski definition) is 3. The molecule has 0 N–H and O–H groups in total. The Morgan fingerprint density at radius 3 is 2.33 bits per heavy atom. The molecule has 10 rings (SSSR count). The van der Waals surface area contributed by atoms with Gasteiger partial charge in [0.15, 0.2) is 11.4 Å². The van der Waals surface area contributed by atoms with Crippen molar-refractivity contribution in [3.63, 3.8) is 0 Å². The van der Waals surface area contributed by atoms with E-state index >= 15 is 0 Å². The lowest BCUT2D eigenvalue weighted by Crippen LogP contribution is -2.15. The number of fused-ring (bicyclic) bond motifs is 11. The summed E-state index contributed by atoms with van der Waals surface area (Å²) in [6.45, 7) is 4.72. The van der Waals surface area contributed by atoms with E-state index in [9.17, 15) is 0 Å². The van der Waals surface area contributed by atoms with E-state index in [1.54, 1.807) is 6.20 Å². The summed E-state index contributed by atoms with van der Waals surface area (Å²) in [5, 5.41) is 6.10. The van der Waals surface area contributed by atoms with Crippen LogP contribution in [0.25, 0.3) is 82.8 Å². The maximum atomic E-state index is 5.99. The van der Waals surface area contributed by atoms with Crippen LogP contribution in [-0.4, -0.2) is 14.5 Å². The highest BCUT2D eigenvalue weighted by Gasteiger charge is 2.37. The molecule has 0 spiro atoms. The predicted molar refractivity (Wildman–Crippen MR) is 184 cm³/mol. The van der Waals surface area contributed by atoms with E-state index in [-0.39, 0.29) is 5.41 Å². The molecule has 3 aromatic heterocycles. The van der Waals surface area contributed by atoms with Gasteiger partial charge in [0.05, 0.1) is 17.2 Å². The van der Waals surface area contributed by atoms with Crippen LogP contribution in [0.5, 0.6) is 0 Å². The van der Waals surface area contributed by atoms with Crippen molar-refractivity contribution in [2.24, 2.45) is 0 Å². The Labute approximate surface area is 259 Å². The van der Waals surface area contributed by atoms with E-state index in [0.29, 0.717) is 11.4 Å². The number of aromatic nitrogens is 3. The van der Waals surface area contributed by atoms with Crippen LogP contribution in [0.2, 0.25) is 0 Å². The molecule has 212 valence electrons. The average molecular weight is 578 g/mol. The highest BCUT2D eigenvalue weighted by molar-refractivity contribution is 6.13. The third-order valence-corrected chi connectivity index (χ3v) is 9.84. The van der Waals surface area contributed by atoms with E-state index in [1.807, 2.05) is 24.3 Å². The van der Waals surface area contributed by atoms with Gasteiger partial charge >= 0.3 is 0 Å². The third kappa shape index (κ3) is 3.31. The Morgan fingerprint density at radius 2 is 1.42 bits per heavy atom. The molecule has 0 bridgehead atoms. The van der Waals surface area contributed by atoms with Crippen LogP contribution in [0.1, 0.15) is 25.0 Å². The third-order valence-electron chi connectivity index (χ3n) is 9.84. The van der Waals surface area contributed by atoms with Gasteiger partial charge in [-0.15, -0.1) is 0 Å². The largest absolute Gasteiger partial charge is 0.453 e. The SMILES string of the molecule is CC1(C)c2cc3c(cc2-c2c1ccc1ccccc21)c1ccccc1n3-c1cccc(-c2ncc3oc4ccccc4c3n2)c1. The van der Waals surface area contributed by atoms with Crippen LogP contribution in [-0.2, 0) is 5.41 Å². The van der Waals surface area contributed by atoms with Gasteiger partial charge in [-0.25, -0.2) is 9.97 Å². The van der Waals surface area contributed by atoms with Crippen LogP contribution < -0.4 is 0 Å². The van der Waals surface area contributed by atoms with Crippen molar-refractivity contribution in [1.29, 1.82) is 0 Å². The van der Waals surface area contributed by atoms with Crippen molar-refractivity contribution < 1.29 is 4.42 Å². The number of nitrogens with zero attached hydrogens (tertiary/aromatic N) is 3. The molecule has 1 aliphatic carbocycles. The minimum atomic E-state index is -0.122. The van der Waals surface area contributed by atoms with Crippen LogP contribution in [0.15, 0.2) is 132 Å². The van der Waals surface area contributed by atoms with Gasteiger partial charge in [-0.1, -0.05) is 92.7 Å². The molecule has 4 nitrogen and oxygen atoms in total. The fourth-order valence-corrected chi connectivity index (χ4v) is 7.68. The smallest absolute Gasteiger partial charge is 0.172 e. The van der Waals surface area contributed by atoms with Gasteiger partial charge in [-0.05, 0) is 75.5 Å². The second kappa shape index (κ2) is 8.67. The van der Waals surface area contributed by atoms with E-state index in [4.69, 9.17) is 14.4 Å². The zero-order valence-electron chi connectivity index (χ0n) is 24.9. The van der Waals surface area contributed by atoms with Gasteiger partial charge in [-0.2, -0.15) is 0 Å². The van der Waals surface area contributed by atoms with Crippen LogP contribution in [0, 0.1) is 0 Å². The lowest BCUT2D eigenvalue weighted by atomic mass is 9.82. The summed E-state index contributed by atoms with van der Waals surface area (Å²) in [7, 11) is 0. The first-order valence-corrected chi connectivity index (χ1v) is 15.4. The Bertz CT molecular complexity index is 2690. The molecule has 0 aliphatic heterocycles. The number of benzene rings is 6. The maximum absolute atomic E-state index is 5.99. The maximum Gasteiger partial charge on any atom is 0.172 e. The molecule has 4 heteroatoms. The van der Waals surface area contributed by atoms with E-state index in [1.165, 1.54) is 54.8 Å². The topological polar surface area (TPSA) is 43.9 Å². The standard InChI is InChI=1S/C41H27N3O/c1-41(2)32-19-18-24-10-3-4-13-27(24)38(32)31-21-30-28-14-5-7-16-34(28)44(35(30)22-33(31)41)26-12-9-11-25(20-26)40-42-23-37-39(43-40)29-15-6-8-17-36(29)45-37/h3-23H,1-2H3. The molecule has 0 atom stereocenters. The van der Waals surface area contributed by atoms with Gasteiger partial charge in [0.25, 0.3) is 0 Å². The van der Waals surface area contributed by atoms with Crippen LogP contribution in [0.3, 0.4) is 0 Å². The fraction of sp³-hybridized carbons (Fsp3) is 0.0732. The quantitative estimate of drug-likeness (QED) is 0.205. The molecular weight excluding hydrogens is 550 g/mol. The minimum absolute atomic E-state index is 0.122. The second-order valence-corrected chi connectivity index (χ2v) is 12.7. The van der Waals surface area contributed by atoms with Crippen molar-refractivity contribution in [2.75, 3.05) is 0 Å². The summed E-state index contributed by atoms with van der Waals surface area (Å²) < 4.78 is 8.39. The molecule has 3 heterocycles. The molecule has 0 amide bonds. The van der Waals surface area contributed by atoms with E-state index in [2.05, 4.69) is 115 Å². The van der Waals surface area contributed by atoms with E-state index in [0.717, 1.165) is 27.7 Å². The van der Waals surface area contributed by atoms with Gasteiger partial charge in [0, 0.05) is 32.8 Å². The molecule has 0 radical (unpaired) electrons. The van der Waals surface area contributed by atoms with Crippen molar-refractivity contribution in [1.82, 2.24) is 14.5 Å². The number of hydrogen-bond donors (Lipinski definition) is 0.